The van der Waals surface area contributed by atoms with Gasteiger partial charge in [0.25, 0.3) is 0 Å². The predicted octanol–water partition coefficient (Wildman–Crippen LogP) is 2.33. The first-order chi connectivity index (χ1) is 10.4. The lowest BCUT2D eigenvalue weighted by Crippen LogP contribution is -2.53. The number of benzene rings is 1. The van der Waals surface area contributed by atoms with Crippen molar-refractivity contribution in [2.24, 2.45) is 0 Å². The molecule has 1 aromatic carbocycles. The van der Waals surface area contributed by atoms with E-state index in [1.807, 2.05) is 11.0 Å². The molecule has 0 aliphatic carbocycles. The van der Waals surface area contributed by atoms with Crippen molar-refractivity contribution < 1.29 is 23.0 Å². The molecule has 120 valence electrons. The van der Waals surface area contributed by atoms with Crippen LogP contribution in [0.15, 0.2) is 24.3 Å². The highest BCUT2D eigenvalue weighted by Gasteiger charge is 2.54. The lowest BCUT2D eigenvalue weighted by molar-refractivity contribution is -0.272. The van der Waals surface area contributed by atoms with Crippen molar-refractivity contribution >= 4 is 0 Å². The van der Waals surface area contributed by atoms with Gasteiger partial charge in [0, 0.05) is 19.6 Å². The average Bonchev–Trinajstić information content (AvgIpc) is 2.49. The summed E-state index contributed by atoms with van der Waals surface area (Å²) < 4.78 is 43.6. The number of hydrogen-bond acceptors (Lipinski definition) is 4. The van der Waals surface area contributed by atoms with E-state index in [0.717, 1.165) is 0 Å². The van der Waals surface area contributed by atoms with Crippen molar-refractivity contribution in [2.45, 2.75) is 24.6 Å². The van der Waals surface area contributed by atoms with Gasteiger partial charge in [-0.2, -0.15) is 18.4 Å². The van der Waals surface area contributed by atoms with Gasteiger partial charge in [-0.05, 0) is 25.0 Å². The van der Waals surface area contributed by atoms with Crippen LogP contribution in [-0.2, 0) is 0 Å². The van der Waals surface area contributed by atoms with Gasteiger partial charge < -0.3 is 9.84 Å². The summed E-state index contributed by atoms with van der Waals surface area (Å²) in [5, 5.41) is 18.5. The molecular formula is C15H17F3N2O2. The minimum atomic E-state index is -4.58. The van der Waals surface area contributed by atoms with Crippen LogP contribution in [-0.4, -0.2) is 48.0 Å². The number of aliphatic hydroxyl groups is 1. The van der Waals surface area contributed by atoms with Gasteiger partial charge in [-0.25, -0.2) is 0 Å². The predicted molar refractivity (Wildman–Crippen MR) is 73.3 cm³/mol. The van der Waals surface area contributed by atoms with Gasteiger partial charge in [0.2, 0.25) is 0 Å². The standard InChI is InChI=1S/C15H17F3N2O2/c16-15(17,18)14(21)5-7-20(8-6-14)9-10-22-13-4-2-1-3-12(13)11-19/h1-4,21H,5-10H2. The number of piperidine rings is 1. The van der Waals surface area contributed by atoms with Crippen LogP contribution in [0.3, 0.4) is 0 Å². The molecule has 4 nitrogen and oxygen atoms in total. The second kappa shape index (κ2) is 6.55. The first kappa shape index (κ1) is 16.6. The number of nitriles is 1. The van der Waals surface area contributed by atoms with E-state index in [2.05, 4.69) is 0 Å². The number of halogens is 3. The van der Waals surface area contributed by atoms with Crippen molar-refractivity contribution in [1.29, 1.82) is 5.26 Å². The molecule has 0 aromatic heterocycles. The maximum absolute atomic E-state index is 12.7. The molecule has 1 aromatic rings. The highest BCUT2D eigenvalue weighted by atomic mass is 19.4. The van der Waals surface area contributed by atoms with Gasteiger partial charge in [-0.15, -0.1) is 0 Å². The van der Waals surface area contributed by atoms with Gasteiger partial charge in [0.15, 0.2) is 5.60 Å². The highest BCUT2D eigenvalue weighted by molar-refractivity contribution is 5.42. The van der Waals surface area contributed by atoms with E-state index < -0.39 is 11.8 Å². The van der Waals surface area contributed by atoms with Crippen LogP contribution in [0, 0.1) is 11.3 Å². The minimum absolute atomic E-state index is 0.166. The van der Waals surface area contributed by atoms with E-state index in [1.54, 1.807) is 24.3 Å². The molecule has 1 heterocycles. The Morgan fingerprint density at radius 1 is 1.27 bits per heavy atom. The zero-order valence-electron chi connectivity index (χ0n) is 11.9. The summed E-state index contributed by atoms with van der Waals surface area (Å²) in [6, 6.07) is 8.81. The SMILES string of the molecule is N#Cc1ccccc1OCCN1CCC(O)(C(F)(F)F)CC1. The Morgan fingerprint density at radius 2 is 1.91 bits per heavy atom. The molecule has 0 bridgehead atoms. The lowest BCUT2D eigenvalue weighted by atomic mass is 9.91. The van der Waals surface area contributed by atoms with Crippen LogP contribution >= 0.6 is 0 Å². The normalized spacial score (nSPS) is 18.7. The second-order valence-corrected chi connectivity index (χ2v) is 5.33. The maximum atomic E-state index is 12.7. The molecular weight excluding hydrogens is 297 g/mol. The molecule has 7 heteroatoms. The minimum Gasteiger partial charge on any atom is -0.491 e. The largest absolute Gasteiger partial charge is 0.491 e. The number of ether oxygens (including phenoxy) is 1. The molecule has 0 atom stereocenters. The first-order valence-electron chi connectivity index (χ1n) is 6.99. The smallest absolute Gasteiger partial charge is 0.417 e. The summed E-state index contributed by atoms with van der Waals surface area (Å²) in [5.41, 5.74) is -2.15. The fourth-order valence-corrected chi connectivity index (χ4v) is 2.40. The van der Waals surface area contributed by atoms with Gasteiger partial charge in [0.1, 0.15) is 18.4 Å². The summed E-state index contributed by atoms with van der Waals surface area (Å²) in [5.74, 6) is 0.466. The summed E-state index contributed by atoms with van der Waals surface area (Å²) in [7, 11) is 0. The van der Waals surface area contributed by atoms with Gasteiger partial charge in [-0.3, -0.25) is 4.90 Å². The molecule has 2 rings (SSSR count). The molecule has 1 N–H and O–H groups in total. The fraction of sp³-hybridized carbons (Fsp3) is 0.533. The monoisotopic (exact) mass is 314 g/mol. The first-order valence-corrected chi connectivity index (χ1v) is 6.99. The third-order valence-electron chi connectivity index (χ3n) is 3.88. The topological polar surface area (TPSA) is 56.5 Å². The van der Waals surface area contributed by atoms with Crippen LogP contribution in [0.2, 0.25) is 0 Å². The van der Waals surface area contributed by atoms with E-state index in [-0.39, 0.29) is 32.5 Å². The van der Waals surface area contributed by atoms with E-state index in [4.69, 9.17) is 10.00 Å². The molecule has 0 amide bonds. The average molecular weight is 314 g/mol. The molecule has 22 heavy (non-hydrogen) atoms. The molecule has 1 fully saturated rings. The Kier molecular flexibility index (Phi) is 4.94. The number of hydrogen-bond donors (Lipinski definition) is 1. The number of nitrogens with zero attached hydrogens (tertiary/aromatic N) is 2. The van der Waals surface area contributed by atoms with Crippen LogP contribution in [0.5, 0.6) is 5.75 Å². The van der Waals surface area contributed by atoms with E-state index in [1.165, 1.54) is 0 Å². The molecule has 0 spiro atoms. The summed E-state index contributed by atoms with van der Waals surface area (Å²) in [6.45, 7) is 1.06. The zero-order valence-corrected chi connectivity index (χ0v) is 11.9. The summed E-state index contributed by atoms with van der Waals surface area (Å²) >= 11 is 0. The molecule has 0 unspecified atom stereocenters. The Morgan fingerprint density at radius 3 is 2.50 bits per heavy atom. The number of rotatable bonds is 4. The van der Waals surface area contributed by atoms with E-state index in [0.29, 0.717) is 17.9 Å². The number of para-hydroxylation sites is 1. The van der Waals surface area contributed by atoms with Gasteiger partial charge >= 0.3 is 6.18 Å². The quantitative estimate of drug-likeness (QED) is 0.927. The van der Waals surface area contributed by atoms with Crippen molar-refractivity contribution in [3.8, 4) is 11.8 Å². The van der Waals surface area contributed by atoms with Crippen molar-refractivity contribution in [2.75, 3.05) is 26.2 Å². The van der Waals surface area contributed by atoms with Crippen LogP contribution < -0.4 is 4.74 Å². The molecule has 0 radical (unpaired) electrons. The van der Waals surface area contributed by atoms with Crippen LogP contribution in [0.1, 0.15) is 18.4 Å². The third kappa shape index (κ3) is 3.70. The molecule has 1 aliphatic heterocycles. The van der Waals surface area contributed by atoms with E-state index >= 15 is 0 Å². The number of alkyl halides is 3. The Balaban J connectivity index is 1.79. The van der Waals surface area contributed by atoms with E-state index in [9.17, 15) is 18.3 Å². The second-order valence-electron chi connectivity index (χ2n) is 5.33. The summed E-state index contributed by atoms with van der Waals surface area (Å²) in [4.78, 5) is 1.81. The van der Waals surface area contributed by atoms with Crippen LogP contribution in [0.25, 0.3) is 0 Å². The third-order valence-corrected chi connectivity index (χ3v) is 3.88. The van der Waals surface area contributed by atoms with Crippen molar-refractivity contribution in [3.05, 3.63) is 29.8 Å². The Hall–Kier alpha value is -1.78. The molecule has 0 saturated carbocycles. The highest BCUT2D eigenvalue weighted by Crippen LogP contribution is 2.38. The molecule has 1 saturated heterocycles. The van der Waals surface area contributed by atoms with Gasteiger partial charge in [0.05, 0.1) is 5.56 Å². The zero-order chi connectivity index (χ0) is 16.2. The van der Waals surface area contributed by atoms with Gasteiger partial charge in [-0.1, -0.05) is 12.1 Å². The number of likely N-dealkylation sites (tertiary alicyclic amines) is 1. The Labute approximate surface area is 126 Å². The van der Waals surface area contributed by atoms with Crippen molar-refractivity contribution in [3.63, 3.8) is 0 Å². The lowest BCUT2D eigenvalue weighted by Gasteiger charge is -2.39. The summed E-state index contributed by atoms with van der Waals surface area (Å²) in [6.07, 6.45) is -5.24. The Bertz CT molecular complexity index is 546. The van der Waals surface area contributed by atoms with Crippen molar-refractivity contribution in [1.82, 2.24) is 4.90 Å². The molecule has 1 aliphatic rings. The maximum Gasteiger partial charge on any atom is 0.417 e. The fourth-order valence-electron chi connectivity index (χ4n) is 2.40. The van der Waals surface area contributed by atoms with Crippen LogP contribution in [0.4, 0.5) is 13.2 Å².